The molecule has 0 aromatic heterocycles. The van der Waals surface area contributed by atoms with Crippen LogP contribution in [-0.4, -0.2) is 43.0 Å². The van der Waals surface area contributed by atoms with Crippen LogP contribution in [0.4, 0.5) is 11.4 Å². The molecular weight excluding hydrogens is 628 g/mol. The van der Waals surface area contributed by atoms with Crippen LogP contribution < -0.4 is 5.32 Å². The summed E-state index contributed by atoms with van der Waals surface area (Å²) in [6.07, 6.45) is -2.10. The Morgan fingerprint density at radius 2 is 1.38 bits per heavy atom. The average molecular weight is 657 g/mol. The average Bonchev–Trinajstić information content (AvgIpc) is 3.00. The molecule has 1 N–H and O–H groups in total. The van der Waals surface area contributed by atoms with E-state index in [0.29, 0.717) is 16.7 Å². The van der Waals surface area contributed by atoms with Crippen molar-refractivity contribution in [2.24, 2.45) is 5.92 Å². The largest absolute Gasteiger partial charge is 0.366 e. The van der Waals surface area contributed by atoms with Crippen LogP contribution in [-0.2, 0) is 37.3 Å². The lowest BCUT2D eigenvalue weighted by Crippen LogP contribution is -2.72. The van der Waals surface area contributed by atoms with Crippen LogP contribution in [0.2, 0.25) is 0 Å². The molecule has 0 radical (unpaired) electrons. The number of hydrogen-bond donors (Lipinski definition) is 1. The van der Waals surface area contributed by atoms with E-state index in [1.54, 1.807) is 73.7 Å². The standard InChI is InChI=1S/C29H28N4O10S2/c1-29(26(27(35)30-29)28(33(40)41)43-42-24(34)15-19-9-3-2-4-10-19)16-25(44-17-20-11-5-7-13-22(20)31(36)37)45-18-21-12-6-8-14-23(21)32(38)39/h2-14,25-26,28H,15-18H2,1H3,(H,30,35). The first-order valence-electron chi connectivity index (χ1n) is 13.5. The molecule has 1 heterocycles. The van der Waals surface area contributed by atoms with Crippen LogP contribution in [0.3, 0.4) is 0 Å². The minimum Gasteiger partial charge on any atom is -0.349 e. The molecule has 0 spiro atoms. The molecule has 3 atom stereocenters. The van der Waals surface area contributed by atoms with Gasteiger partial charge in [-0.2, -0.15) is 0 Å². The number of nitrogens with one attached hydrogen (secondary N) is 1. The van der Waals surface area contributed by atoms with Crippen molar-refractivity contribution >= 4 is 46.8 Å². The molecule has 3 aromatic rings. The molecule has 1 aliphatic heterocycles. The van der Waals surface area contributed by atoms with Crippen LogP contribution in [0.1, 0.15) is 30.0 Å². The summed E-state index contributed by atoms with van der Waals surface area (Å²) in [7, 11) is 0. The Labute approximate surface area is 265 Å². The topological polar surface area (TPSA) is 194 Å². The molecule has 14 nitrogen and oxygen atoms in total. The summed E-state index contributed by atoms with van der Waals surface area (Å²) < 4.78 is -0.453. The van der Waals surface area contributed by atoms with Crippen molar-refractivity contribution in [2.45, 2.75) is 47.6 Å². The van der Waals surface area contributed by atoms with Crippen molar-refractivity contribution in [3.8, 4) is 0 Å². The van der Waals surface area contributed by atoms with Gasteiger partial charge in [0.25, 0.3) is 11.4 Å². The van der Waals surface area contributed by atoms with E-state index < -0.39 is 48.9 Å². The molecule has 0 saturated carbocycles. The Morgan fingerprint density at radius 1 is 0.867 bits per heavy atom. The molecule has 1 saturated heterocycles. The zero-order chi connectivity index (χ0) is 32.6. The molecule has 0 bridgehead atoms. The van der Waals surface area contributed by atoms with Crippen LogP contribution in [0.25, 0.3) is 0 Å². The Morgan fingerprint density at radius 3 is 1.87 bits per heavy atom. The van der Waals surface area contributed by atoms with E-state index in [0.717, 1.165) is 0 Å². The second kappa shape index (κ2) is 15.0. The second-order valence-corrected chi connectivity index (χ2v) is 13.0. The van der Waals surface area contributed by atoms with Crippen molar-refractivity contribution in [1.29, 1.82) is 0 Å². The second-order valence-electron chi connectivity index (χ2n) is 10.3. The maximum Gasteiger partial charge on any atom is 0.366 e. The number of nitrogens with zero attached hydrogens (tertiary/aromatic N) is 3. The highest BCUT2D eigenvalue weighted by Gasteiger charge is 2.60. The van der Waals surface area contributed by atoms with Gasteiger partial charge in [0, 0.05) is 34.8 Å². The SMILES string of the molecule is CC1(CC(SCc2ccccc2[N+](=O)[O-])SCc2ccccc2[N+](=O)[O-])NC(=O)C1C(OOC(=O)Cc1ccccc1)[N+](=O)[O-]. The van der Waals surface area contributed by atoms with Gasteiger partial charge in [-0.1, -0.05) is 66.7 Å². The first-order chi connectivity index (χ1) is 21.5. The van der Waals surface area contributed by atoms with Crippen molar-refractivity contribution in [2.75, 3.05) is 0 Å². The summed E-state index contributed by atoms with van der Waals surface area (Å²) in [6.45, 7) is 1.59. The Kier molecular flexibility index (Phi) is 11.1. The van der Waals surface area contributed by atoms with Crippen molar-refractivity contribution in [3.05, 3.63) is 126 Å². The van der Waals surface area contributed by atoms with E-state index in [2.05, 4.69) is 5.32 Å². The number of carbonyl (C=O) groups is 2. The van der Waals surface area contributed by atoms with Gasteiger partial charge in [0.05, 0.1) is 31.3 Å². The fraction of sp³-hybridized carbons (Fsp3) is 0.310. The lowest BCUT2D eigenvalue weighted by Gasteiger charge is -2.47. The molecule has 3 unspecified atom stereocenters. The summed E-state index contributed by atoms with van der Waals surface area (Å²) in [5, 5.41) is 37.8. The number of hydrogen-bond acceptors (Lipinski definition) is 12. The predicted molar refractivity (Wildman–Crippen MR) is 165 cm³/mol. The summed E-state index contributed by atoms with van der Waals surface area (Å²) in [6, 6.07) is 21.0. The van der Waals surface area contributed by atoms with Crippen molar-refractivity contribution in [1.82, 2.24) is 5.32 Å². The number of para-hydroxylation sites is 2. The normalized spacial score (nSPS) is 18.0. The molecule has 1 amide bonds. The number of nitro benzene ring substituents is 2. The van der Waals surface area contributed by atoms with Gasteiger partial charge in [-0.15, -0.1) is 28.4 Å². The van der Waals surface area contributed by atoms with Gasteiger partial charge in [0.2, 0.25) is 5.91 Å². The number of rotatable bonds is 16. The molecule has 45 heavy (non-hydrogen) atoms. The van der Waals surface area contributed by atoms with Crippen LogP contribution in [0, 0.1) is 36.3 Å². The zero-order valence-corrected chi connectivity index (χ0v) is 25.4. The summed E-state index contributed by atoms with van der Waals surface area (Å²) >= 11 is 2.60. The monoisotopic (exact) mass is 656 g/mol. The number of thioether (sulfide) groups is 2. The fourth-order valence-electron chi connectivity index (χ4n) is 4.88. The molecule has 3 aromatic carbocycles. The molecule has 16 heteroatoms. The van der Waals surface area contributed by atoms with E-state index in [1.807, 2.05) is 0 Å². The zero-order valence-electron chi connectivity index (χ0n) is 23.8. The Balaban J connectivity index is 1.51. The quantitative estimate of drug-likeness (QED) is 0.0696. The Hall–Kier alpha value is -4.54. The van der Waals surface area contributed by atoms with Gasteiger partial charge in [0.1, 0.15) is 0 Å². The number of β-lactam (4-membered cyclic amide) rings is 1. The number of amides is 1. The minimum atomic E-state index is -2.01. The van der Waals surface area contributed by atoms with Gasteiger partial charge < -0.3 is 5.32 Å². The van der Waals surface area contributed by atoms with E-state index in [9.17, 15) is 39.9 Å². The molecule has 0 aliphatic carbocycles. The van der Waals surface area contributed by atoms with E-state index in [4.69, 9.17) is 9.78 Å². The van der Waals surface area contributed by atoms with Gasteiger partial charge in [-0.25, -0.2) is 4.79 Å². The summed E-state index contributed by atoms with van der Waals surface area (Å²) in [5.74, 6) is -2.53. The van der Waals surface area contributed by atoms with Gasteiger partial charge in [0.15, 0.2) is 5.92 Å². The van der Waals surface area contributed by atoms with Gasteiger partial charge >= 0.3 is 12.2 Å². The molecule has 236 valence electrons. The number of carbonyl (C=O) groups excluding carboxylic acids is 2. The maximum atomic E-state index is 12.7. The third-order valence-electron chi connectivity index (χ3n) is 7.12. The van der Waals surface area contributed by atoms with E-state index in [1.165, 1.54) is 35.7 Å². The maximum absolute atomic E-state index is 12.7. The van der Waals surface area contributed by atoms with Crippen molar-refractivity contribution < 1.29 is 34.1 Å². The van der Waals surface area contributed by atoms with Gasteiger partial charge in [-0.3, -0.25) is 40.0 Å². The smallest absolute Gasteiger partial charge is 0.349 e. The molecular formula is C29H28N4O10S2. The van der Waals surface area contributed by atoms with Crippen LogP contribution in [0.15, 0.2) is 78.9 Å². The third-order valence-corrected chi connectivity index (χ3v) is 9.97. The van der Waals surface area contributed by atoms with Crippen molar-refractivity contribution in [3.63, 3.8) is 0 Å². The molecule has 4 rings (SSSR count). The molecule has 1 fully saturated rings. The van der Waals surface area contributed by atoms with E-state index >= 15 is 0 Å². The first-order valence-corrected chi connectivity index (χ1v) is 15.6. The fourth-order valence-corrected chi connectivity index (χ4v) is 7.82. The first kappa shape index (κ1) is 33.4. The highest BCUT2D eigenvalue weighted by atomic mass is 32.2. The van der Waals surface area contributed by atoms with Crippen LogP contribution in [0.5, 0.6) is 0 Å². The van der Waals surface area contributed by atoms with Gasteiger partial charge in [-0.05, 0) is 18.9 Å². The summed E-state index contributed by atoms with van der Waals surface area (Å²) in [5.41, 5.74) is 0.126. The van der Waals surface area contributed by atoms with Crippen LogP contribution >= 0.6 is 23.5 Å². The number of nitro groups is 3. The highest BCUT2D eigenvalue weighted by Crippen LogP contribution is 2.43. The highest BCUT2D eigenvalue weighted by molar-refractivity contribution is 8.16. The predicted octanol–water partition coefficient (Wildman–Crippen LogP) is 5.21. The lowest BCUT2D eigenvalue weighted by molar-refractivity contribution is -0.624. The summed E-state index contributed by atoms with van der Waals surface area (Å²) in [4.78, 5) is 68.0. The molecule has 1 aliphatic rings. The minimum absolute atomic E-state index is 0.0763. The third kappa shape index (κ3) is 8.55. The van der Waals surface area contributed by atoms with E-state index in [-0.39, 0.29) is 35.7 Å². The Bertz CT molecular complexity index is 1520. The number of benzene rings is 3. The lowest BCUT2D eigenvalue weighted by atomic mass is 9.74.